The van der Waals surface area contributed by atoms with Crippen molar-refractivity contribution in [3.05, 3.63) is 65.8 Å². The lowest BCUT2D eigenvalue weighted by atomic mass is 10.2. The van der Waals surface area contributed by atoms with Gasteiger partial charge in [0.05, 0.1) is 10.6 Å². The molecule has 25 heavy (non-hydrogen) atoms. The Morgan fingerprint density at radius 3 is 2.48 bits per heavy atom. The van der Waals surface area contributed by atoms with Gasteiger partial charge in [-0.2, -0.15) is 4.98 Å². The Morgan fingerprint density at radius 1 is 1.04 bits per heavy atom. The smallest absolute Gasteiger partial charge is 0.246 e. The number of thiazole rings is 1. The Labute approximate surface area is 146 Å². The predicted octanol–water partition coefficient (Wildman–Crippen LogP) is 3.40. The van der Waals surface area contributed by atoms with Crippen LogP contribution >= 0.6 is 11.3 Å². The molecule has 1 N–H and O–H groups in total. The van der Waals surface area contributed by atoms with E-state index in [1.807, 2.05) is 35.7 Å². The van der Waals surface area contributed by atoms with E-state index in [0.717, 1.165) is 23.4 Å². The van der Waals surface area contributed by atoms with Gasteiger partial charge in [-0.1, -0.05) is 30.3 Å². The van der Waals surface area contributed by atoms with Crippen molar-refractivity contribution in [2.75, 3.05) is 4.72 Å². The summed E-state index contributed by atoms with van der Waals surface area (Å²) in [6, 6.07) is 14.1. The third-order valence-corrected chi connectivity index (χ3v) is 5.66. The topological polar surface area (TPSA) is 76.4 Å². The minimum Gasteiger partial charge on any atom is -0.246 e. The van der Waals surface area contributed by atoms with Crippen LogP contribution < -0.4 is 4.72 Å². The molecule has 0 atom stereocenters. The Balaban J connectivity index is 1.69. The van der Waals surface area contributed by atoms with Gasteiger partial charge in [-0.15, -0.1) is 16.4 Å². The molecule has 2 heterocycles. The molecule has 4 rings (SSSR count). The number of nitrogens with zero attached hydrogens (tertiary/aromatic N) is 3. The van der Waals surface area contributed by atoms with Gasteiger partial charge in [0.25, 0.3) is 16.0 Å². The average Bonchev–Trinajstić information content (AvgIpc) is 3.15. The number of anilines is 1. The second kappa shape index (κ2) is 5.94. The molecule has 0 bridgehead atoms. The Hall–Kier alpha value is -2.78. The van der Waals surface area contributed by atoms with Crippen LogP contribution in [0.2, 0.25) is 0 Å². The number of sulfonamides is 1. The lowest BCUT2D eigenvalue weighted by Gasteiger charge is -2.04. The molecule has 2 aromatic carbocycles. The molecule has 0 spiro atoms. The van der Waals surface area contributed by atoms with Crippen molar-refractivity contribution in [3.63, 3.8) is 0 Å². The van der Waals surface area contributed by atoms with Crippen molar-refractivity contribution in [3.8, 4) is 11.3 Å². The Morgan fingerprint density at radius 2 is 1.76 bits per heavy atom. The molecule has 6 nitrogen and oxygen atoms in total. The number of aromatic nitrogens is 3. The fraction of sp³-hybridized carbons (Fsp3) is 0. The molecule has 0 radical (unpaired) electrons. The largest absolute Gasteiger partial charge is 0.264 e. The van der Waals surface area contributed by atoms with Gasteiger partial charge in [-0.25, -0.2) is 22.0 Å². The maximum absolute atomic E-state index is 13.0. The van der Waals surface area contributed by atoms with Crippen molar-refractivity contribution in [1.82, 2.24) is 14.6 Å². The molecule has 0 saturated heterocycles. The van der Waals surface area contributed by atoms with Crippen LogP contribution in [0.25, 0.3) is 16.2 Å². The Kier molecular flexibility index (Phi) is 3.74. The number of hydrogen-bond acceptors (Lipinski definition) is 5. The summed E-state index contributed by atoms with van der Waals surface area (Å²) >= 11 is 1.36. The molecule has 0 amide bonds. The van der Waals surface area contributed by atoms with Crippen LogP contribution in [0.1, 0.15) is 0 Å². The molecular formula is C16H11FN4O2S2. The van der Waals surface area contributed by atoms with E-state index in [4.69, 9.17) is 0 Å². The average molecular weight is 374 g/mol. The highest BCUT2D eigenvalue weighted by molar-refractivity contribution is 7.92. The minimum atomic E-state index is -3.88. The van der Waals surface area contributed by atoms with Gasteiger partial charge in [-0.05, 0) is 24.3 Å². The van der Waals surface area contributed by atoms with E-state index in [1.165, 1.54) is 23.5 Å². The summed E-state index contributed by atoms with van der Waals surface area (Å²) in [6.45, 7) is 0. The third-order valence-electron chi connectivity index (χ3n) is 3.50. The Bertz CT molecular complexity index is 1140. The van der Waals surface area contributed by atoms with Crippen LogP contribution in [0.5, 0.6) is 0 Å². The van der Waals surface area contributed by atoms with Crippen molar-refractivity contribution >= 4 is 32.3 Å². The van der Waals surface area contributed by atoms with Crippen LogP contribution in [0, 0.1) is 5.82 Å². The zero-order chi connectivity index (χ0) is 17.4. The van der Waals surface area contributed by atoms with E-state index in [-0.39, 0.29) is 10.8 Å². The molecule has 4 aromatic rings. The number of nitrogens with one attached hydrogen (secondary N) is 1. The summed E-state index contributed by atoms with van der Waals surface area (Å²) in [6.07, 6.45) is 0. The first kappa shape index (κ1) is 15.7. The predicted molar refractivity (Wildman–Crippen MR) is 93.5 cm³/mol. The SMILES string of the molecule is O=S(=O)(Nc1nc2scc(-c3ccccc3)n2n1)c1ccc(F)cc1. The molecule has 0 aliphatic heterocycles. The van der Waals surface area contributed by atoms with Crippen molar-refractivity contribution in [1.29, 1.82) is 0 Å². The second-order valence-corrected chi connectivity index (χ2v) is 7.70. The number of fused-ring (bicyclic) bond motifs is 1. The summed E-state index contributed by atoms with van der Waals surface area (Å²) in [5.41, 5.74) is 1.77. The molecule has 126 valence electrons. The lowest BCUT2D eigenvalue weighted by Crippen LogP contribution is -2.14. The fourth-order valence-electron chi connectivity index (χ4n) is 2.32. The van der Waals surface area contributed by atoms with E-state index in [9.17, 15) is 12.8 Å². The minimum absolute atomic E-state index is 0.0339. The summed E-state index contributed by atoms with van der Waals surface area (Å²) in [4.78, 5) is 4.70. The quantitative estimate of drug-likeness (QED) is 0.594. The second-order valence-electron chi connectivity index (χ2n) is 5.18. The zero-order valence-electron chi connectivity index (χ0n) is 12.6. The number of halogens is 1. The van der Waals surface area contributed by atoms with E-state index >= 15 is 0 Å². The van der Waals surface area contributed by atoms with Gasteiger partial charge in [0.15, 0.2) is 0 Å². The van der Waals surface area contributed by atoms with Crippen molar-refractivity contribution in [2.24, 2.45) is 0 Å². The lowest BCUT2D eigenvalue weighted by molar-refractivity contribution is 0.599. The standard InChI is InChI=1S/C16H11FN4O2S2/c17-12-6-8-13(9-7-12)25(22,23)20-15-18-16-21(19-15)14(10-24-16)11-4-2-1-3-5-11/h1-10H,(H,19,20). The first-order valence-corrected chi connectivity index (χ1v) is 9.57. The summed E-state index contributed by atoms with van der Waals surface area (Å²) in [5, 5.41) is 6.13. The number of hydrogen-bond donors (Lipinski definition) is 1. The summed E-state index contributed by atoms with van der Waals surface area (Å²) in [7, 11) is -3.88. The molecule has 0 saturated carbocycles. The highest BCUT2D eigenvalue weighted by Gasteiger charge is 2.18. The van der Waals surface area contributed by atoms with Crippen LogP contribution in [-0.2, 0) is 10.0 Å². The van der Waals surface area contributed by atoms with Gasteiger partial charge >= 0.3 is 0 Å². The summed E-state index contributed by atoms with van der Waals surface area (Å²) < 4.78 is 41.6. The molecule has 9 heteroatoms. The first-order chi connectivity index (χ1) is 12.0. The van der Waals surface area contributed by atoms with E-state index in [0.29, 0.717) is 4.96 Å². The van der Waals surface area contributed by atoms with Crippen molar-refractivity contribution in [2.45, 2.75) is 4.90 Å². The zero-order valence-corrected chi connectivity index (χ0v) is 14.3. The molecule has 0 fully saturated rings. The molecular weight excluding hydrogens is 363 g/mol. The van der Waals surface area contributed by atoms with E-state index < -0.39 is 15.8 Å². The normalized spacial score (nSPS) is 11.7. The maximum Gasteiger partial charge on any atom is 0.264 e. The monoisotopic (exact) mass is 374 g/mol. The van der Waals surface area contributed by atoms with Gasteiger partial charge in [0.2, 0.25) is 4.96 Å². The first-order valence-electron chi connectivity index (χ1n) is 7.21. The van der Waals surface area contributed by atoms with Crippen LogP contribution in [0.4, 0.5) is 10.3 Å². The third kappa shape index (κ3) is 2.99. The number of rotatable bonds is 4. The maximum atomic E-state index is 13.0. The highest BCUT2D eigenvalue weighted by Crippen LogP contribution is 2.26. The fourth-order valence-corrected chi connectivity index (χ4v) is 4.09. The number of benzene rings is 2. The van der Waals surface area contributed by atoms with Gasteiger partial charge < -0.3 is 0 Å². The van der Waals surface area contributed by atoms with Gasteiger partial charge in [0.1, 0.15) is 5.82 Å². The molecule has 0 aliphatic carbocycles. The van der Waals surface area contributed by atoms with Gasteiger partial charge in [-0.3, -0.25) is 0 Å². The molecule has 0 aliphatic rings. The van der Waals surface area contributed by atoms with Gasteiger partial charge in [0, 0.05) is 10.9 Å². The van der Waals surface area contributed by atoms with Crippen LogP contribution in [-0.4, -0.2) is 23.0 Å². The van der Waals surface area contributed by atoms with E-state index in [2.05, 4.69) is 14.8 Å². The summed E-state index contributed by atoms with van der Waals surface area (Å²) in [5.74, 6) is -0.541. The highest BCUT2D eigenvalue weighted by atomic mass is 32.2. The molecule has 2 aromatic heterocycles. The molecule has 0 unspecified atom stereocenters. The van der Waals surface area contributed by atoms with Crippen LogP contribution in [0.15, 0.2) is 64.9 Å². The van der Waals surface area contributed by atoms with Crippen LogP contribution in [0.3, 0.4) is 0 Å². The van der Waals surface area contributed by atoms with Crippen molar-refractivity contribution < 1.29 is 12.8 Å². The van der Waals surface area contributed by atoms with E-state index in [1.54, 1.807) is 4.52 Å².